The molecule has 0 radical (unpaired) electrons. The Balaban J connectivity index is 0.966. The summed E-state index contributed by atoms with van der Waals surface area (Å²) in [4.78, 5) is 86.4. The summed E-state index contributed by atoms with van der Waals surface area (Å²) in [6.45, 7) is -0.123. The van der Waals surface area contributed by atoms with Gasteiger partial charge in [-0.05, 0) is 105 Å². The van der Waals surface area contributed by atoms with Gasteiger partial charge in [-0.15, -0.1) is 22.7 Å². The van der Waals surface area contributed by atoms with Gasteiger partial charge in [0.2, 0.25) is 0 Å². The van der Waals surface area contributed by atoms with Gasteiger partial charge in [-0.2, -0.15) is 0 Å². The van der Waals surface area contributed by atoms with Crippen LogP contribution in [0.25, 0.3) is 44.8 Å². The van der Waals surface area contributed by atoms with Crippen molar-refractivity contribution in [2.24, 2.45) is 0 Å². The Kier molecular flexibility index (Phi) is 10.7. The Morgan fingerprint density at radius 3 is 1.08 bits per heavy atom. The topological polar surface area (TPSA) is 121 Å². The van der Waals surface area contributed by atoms with E-state index in [0.717, 1.165) is 35.4 Å². The van der Waals surface area contributed by atoms with E-state index < -0.39 is 70.2 Å². The van der Waals surface area contributed by atoms with Gasteiger partial charge in [0, 0.05) is 64.7 Å². The van der Waals surface area contributed by atoms with Gasteiger partial charge < -0.3 is 9.47 Å². The fourth-order valence-corrected chi connectivity index (χ4v) is 12.2. The molecule has 0 amide bonds. The fraction of sp³-hybridized carbons (Fsp3) is 0.0690. The minimum atomic E-state index is -1.10. The first kappa shape index (κ1) is 44.7. The Morgan fingerprint density at radius 1 is 0.444 bits per heavy atom. The predicted molar refractivity (Wildman–Crippen MR) is 264 cm³/mol. The molecule has 350 valence electrons. The second-order valence-corrected chi connectivity index (χ2v) is 19.9. The van der Waals surface area contributed by atoms with Crippen molar-refractivity contribution < 1.29 is 55.8 Å². The molecule has 0 N–H and O–H groups in total. The third-order valence-electron chi connectivity index (χ3n) is 13.3. The zero-order valence-corrected chi connectivity index (χ0v) is 38.7. The highest BCUT2D eigenvalue weighted by Gasteiger charge is 2.42. The van der Waals surface area contributed by atoms with Crippen molar-refractivity contribution in [1.29, 1.82) is 0 Å². The van der Waals surface area contributed by atoms with Crippen molar-refractivity contribution in [3.05, 3.63) is 232 Å². The lowest BCUT2D eigenvalue weighted by Gasteiger charge is -2.32. The van der Waals surface area contributed by atoms with Gasteiger partial charge in [-0.3, -0.25) is 19.2 Å². The number of rotatable bonds is 8. The minimum Gasteiger partial charge on any atom is -0.457 e. The summed E-state index contributed by atoms with van der Waals surface area (Å²) in [5.74, 6) is -9.50. The van der Waals surface area contributed by atoms with Crippen LogP contribution in [-0.2, 0) is 32.3 Å². The molecule has 2 atom stereocenters. The Hall–Kier alpha value is -8.46. The maximum atomic E-state index is 14.3. The molecule has 0 bridgehead atoms. The van der Waals surface area contributed by atoms with Gasteiger partial charge >= 0.3 is 11.9 Å². The predicted octanol–water partition coefficient (Wildman–Crippen LogP) is 12.7. The maximum Gasteiger partial charge on any atom is 0.338 e. The van der Waals surface area contributed by atoms with Crippen molar-refractivity contribution >= 4 is 103 Å². The molecule has 4 aliphatic rings. The van der Waals surface area contributed by atoms with E-state index in [1.807, 2.05) is 36.4 Å². The largest absolute Gasteiger partial charge is 0.457 e. The van der Waals surface area contributed by atoms with Crippen molar-refractivity contribution in [3.63, 3.8) is 0 Å². The zero-order valence-electron chi connectivity index (χ0n) is 37.0. The highest BCUT2D eigenvalue weighted by molar-refractivity contribution is 7.14. The Bertz CT molecular complexity index is 3550. The molecule has 6 aromatic carbocycles. The van der Waals surface area contributed by atoms with Crippen LogP contribution in [0.3, 0.4) is 0 Å². The van der Waals surface area contributed by atoms with Crippen LogP contribution in [0, 0.1) is 23.3 Å². The first-order valence-electron chi connectivity index (χ1n) is 22.4. The number of Topliss-reactive ketones (excluding diaryl/α,β-unsaturated/α-hetero) is 4. The van der Waals surface area contributed by atoms with E-state index in [4.69, 9.17) is 9.47 Å². The molecule has 4 aliphatic carbocycles. The normalized spacial score (nSPS) is 16.5. The average molecular weight is 995 g/mol. The van der Waals surface area contributed by atoms with E-state index in [0.29, 0.717) is 30.6 Å². The number of hydrogen-bond acceptors (Lipinski definition) is 10. The maximum absolute atomic E-state index is 14.3. The van der Waals surface area contributed by atoms with Crippen LogP contribution in [0.4, 0.5) is 17.6 Å². The van der Waals surface area contributed by atoms with Crippen molar-refractivity contribution in [3.8, 4) is 0 Å². The summed E-state index contributed by atoms with van der Waals surface area (Å²) in [6, 6.07) is 30.8. The van der Waals surface area contributed by atoms with Crippen LogP contribution in [0.1, 0.15) is 95.0 Å². The lowest BCUT2D eigenvalue weighted by molar-refractivity contribution is -0.138. The first-order valence-corrected chi connectivity index (χ1v) is 24.0. The van der Waals surface area contributed by atoms with Gasteiger partial charge in [0.1, 0.15) is 13.2 Å². The molecule has 0 aliphatic heterocycles. The van der Waals surface area contributed by atoms with Crippen molar-refractivity contribution in [2.45, 2.75) is 25.0 Å². The molecule has 12 rings (SSSR count). The molecular formula is C58H30F4O8S2. The standard InChI is InChI=1S/C58H30F4O8S2/c59-47-15-29-11-35-36(12-30(29)16-48(47)60)52(64)45(51(35)63)21-33-19-39-43(57(67)69-25-27-7-3-1-4-8-27)23-41-42(55(39)71-33)24-44(58(68)70-26-28-9-5-2-6-10-28)40-20-34(72-56(40)41)22-46-53(65)37-13-31-17-49(61)50(62)18-32(31)14-38(37)54(46)66/h1-24,41-42H,25-26H2. The SMILES string of the molecule is O=C(OCc1ccccc1)C1=CC2c3sc(C=C4C(=O)c5cc6cc(F)c(F)cc6cc5C4=O)cc3C(C(=O)OCc3ccccc3)=CC2c2sc(C=C3C(=O)c4cc5cc(F)c(F)cc5cc4C3=O)cc21. The van der Waals surface area contributed by atoms with Gasteiger partial charge in [-0.1, -0.05) is 72.8 Å². The van der Waals surface area contributed by atoms with Crippen LogP contribution in [-0.4, -0.2) is 35.1 Å². The number of hydrogen-bond donors (Lipinski definition) is 0. The van der Waals surface area contributed by atoms with Crippen LogP contribution < -0.4 is 0 Å². The third-order valence-corrected chi connectivity index (χ3v) is 15.6. The minimum absolute atomic E-state index is 0.0326. The third kappa shape index (κ3) is 7.49. The summed E-state index contributed by atoms with van der Waals surface area (Å²) in [6.07, 6.45) is 6.34. The average Bonchev–Trinajstić information content (AvgIpc) is 4.12. The van der Waals surface area contributed by atoms with Crippen molar-refractivity contribution in [2.75, 3.05) is 0 Å². The quantitative estimate of drug-likeness (QED) is 0.0639. The van der Waals surface area contributed by atoms with Gasteiger partial charge in [-0.25, -0.2) is 27.2 Å². The molecule has 0 fully saturated rings. The zero-order chi connectivity index (χ0) is 49.7. The number of ether oxygens (including phenoxy) is 2. The Labute approximate surface area is 413 Å². The highest BCUT2D eigenvalue weighted by Crippen LogP contribution is 2.55. The molecule has 72 heavy (non-hydrogen) atoms. The lowest BCUT2D eigenvalue weighted by atomic mass is 9.74. The monoisotopic (exact) mass is 994 g/mol. The molecule has 0 saturated carbocycles. The summed E-state index contributed by atoms with van der Waals surface area (Å²) in [7, 11) is 0. The molecule has 2 heterocycles. The van der Waals surface area contributed by atoms with E-state index in [1.54, 1.807) is 48.6 Å². The molecule has 0 spiro atoms. The number of halogens is 4. The van der Waals surface area contributed by atoms with Crippen LogP contribution >= 0.6 is 22.7 Å². The van der Waals surface area contributed by atoms with E-state index in [-0.39, 0.29) is 79.3 Å². The van der Waals surface area contributed by atoms with E-state index in [9.17, 15) is 46.3 Å². The summed E-state index contributed by atoms with van der Waals surface area (Å²) < 4.78 is 68.7. The second kappa shape index (κ2) is 17.1. The number of esters is 2. The van der Waals surface area contributed by atoms with Gasteiger partial charge in [0.25, 0.3) is 0 Å². The van der Waals surface area contributed by atoms with E-state index in [1.165, 1.54) is 59.1 Å². The highest BCUT2D eigenvalue weighted by atomic mass is 32.1. The number of benzene rings is 6. The van der Waals surface area contributed by atoms with Crippen LogP contribution in [0.2, 0.25) is 0 Å². The number of carbonyl (C=O) groups is 6. The van der Waals surface area contributed by atoms with Crippen LogP contribution in [0.15, 0.2) is 145 Å². The fourth-order valence-electron chi connectivity index (χ4n) is 9.76. The van der Waals surface area contributed by atoms with Gasteiger partial charge in [0.15, 0.2) is 46.4 Å². The smallest absolute Gasteiger partial charge is 0.338 e. The molecule has 8 nitrogen and oxygen atoms in total. The number of allylic oxidation sites excluding steroid dienone is 4. The summed E-state index contributed by atoms with van der Waals surface area (Å²) in [5.41, 5.74) is 2.41. The van der Waals surface area contributed by atoms with E-state index >= 15 is 0 Å². The number of thiophene rings is 2. The van der Waals surface area contributed by atoms with Crippen molar-refractivity contribution in [1.82, 2.24) is 0 Å². The summed E-state index contributed by atoms with van der Waals surface area (Å²) in [5, 5.41) is 0.951. The molecule has 0 saturated heterocycles. The summed E-state index contributed by atoms with van der Waals surface area (Å²) >= 11 is 2.38. The molecule has 2 aromatic heterocycles. The molecular weight excluding hydrogens is 965 g/mol. The Morgan fingerprint density at radius 2 is 0.764 bits per heavy atom. The number of carbonyl (C=O) groups excluding carboxylic acids is 6. The number of ketones is 4. The molecule has 14 heteroatoms. The van der Waals surface area contributed by atoms with Crippen LogP contribution in [0.5, 0.6) is 0 Å². The second-order valence-electron chi connectivity index (χ2n) is 17.6. The van der Waals surface area contributed by atoms with E-state index in [2.05, 4.69) is 0 Å². The lowest BCUT2D eigenvalue weighted by Crippen LogP contribution is -2.22. The molecule has 8 aromatic rings. The molecule has 2 unspecified atom stereocenters. The number of fused-ring (bicyclic) bond motifs is 9. The first-order chi connectivity index (χ1) is 34.8. The van der Waals surface area contributed by atoms with Gasteiger partial charge in [0.05, 0.1) is 22.3 Å².